The van der Waals surface area contributed by atoms with Crippen molar-refractivity contribution in [2.75, 3.05) is 0 Å². The first-order valence-electron chi connectivity index (χ1n) is 5.96. The van der Waals surface area contributed by atoms with Crippen LogP contribution in [0.1, 0.15) is 10.4 Å². The molecule has 1 atom stereocenters. The summed E-state index contributed by atoms with van der Waals surface area (Å²) in [5.74, 6) is -1.07. The second-order valence-corrected chi connectivity index (χ2v) is 4.63. The summed E-state index contributed by atoms with van der Waals surface area (Å²) in [7, 11) is 0. The highest BCUT2D eigenvalue weighted by molar-refractivity contribution is 6.31. The highest BCUT2D eigenvalue weighted by Gasteiger charge is 2.23. The standard InChI is InChI=1S/C13H9ClF3N3O2/c14-6-1-2-7(13(22)20-12(17)11(15)16)8(3-6)9-4-10(21)19-5-18-9/h1-5,11-12H,(H,20,22)(H,18,19,21). The Hall–Kier alpha value is -2.35. The monoisotopic (exact) mass is 331 g/mol. The van der Waals surface area contributed by atoms with E-state index in [1.54, 1.807) is 0 Å². The van der Waals surface area contributed by atoms with Crippen molar-refractivity contribution in [3.63, 3.8) is 0 Å². The van der Waals surface area contributed by atoms with Gasteiger partial charge in [-0.1, -0.05) is 11.6 Å². The number of hydrogen-bond acceptors (Lipinski definition) is 3. The molecule has 5 nitrogen and oxygen atoms in total. The second kappa shape index (κ2) is 6.61. The molecular weight excluding hydrogens is 323 g/mol. The van der Waals surface area contributed by atoms with Crippen molar-refractivity contribution in [2.45, 2.75) is 12.7 Å². The van der Waals surface area contributed by atoms with Crippen LogP contribution in [-0.2, 0) is 0 Å². The lowest BCUT2D eigenvalue weighted by Crippen LogP contribution is -2.36. The first kappa shape index (κ1) is 16.0. The summed E-state index contributed by atoms with van der Waals surface area (Å²) < 4.78 is 37.3. The molecule has 9 heteroatoms. The number of H-pyrrole nitrogens is 1. The molecule has 0 aliphatic rings. The van der Waals surface area contributed by atoms with Crippen LogP contribution in [0.4, 0.5) is 13.2 Å². The van der Waals surface area contributed by atoms with Gasteiger partial charge < -0.3 is 10.3 Å². The third-order valence-corrected chi connectivity index (χ3v) is 2.91. The number of aromatic nitrogens is 2. The van der Waals surface area contributed by atoms with Crippen LogP contribution in [0.15, 0.2) is 35.4 Å². The van der Waals surface area contributed by atoms with Crippen molar-refractivity contribution in [3.05, 3.63) is 51.5 Å². The fraction of sp³-hybridized carbons (Fsp3) is 0.154. The number of nitrogens with one attached hydrogen (secondary N) is 2. The quantitative estimate of drug-likeness (QED) is 0.845. The Morgan fingerprint density at radius 3 is 2.64 bits per heavy atom. The van der Waals surface area contributed by atoms with Gasteiger partial charge in [0, 0.05) is 22.2 Å². The molecule has 0 radical (unpaired) electrons. The van der Waals surface area contributed by atoms with E-state index in [2.05, 4.69) is 9.97 Å². The molecule has 116 valence electrons. The predicted molar refractivity (Wildman–Crippen MR) is 73.7 cm³/mol. The lowest BCUT2D eigenvalue weighted by Gasteiger charge is -2.12. The van der Waals surface area contributed by atoms with Gasteiger partial charge in [0.1, 0.15) is 0 Å². The molecule has 1 amide bonds. The van der Waals surface area contributed by atoms with E-state index in [1.807, 2.05) is 0 Å². The molecule has 0 fully saturated rings. The number of carbonyl (C=O) groups is 1. The molecular formula is C13H9ClF3N3O2. The van der Waals surface area contributed by atoms with Crippen LogP contribution >= 0.6 is 11.6 Å². The van der Waals surface area contributed by atoms with Crippen molar-refractivity contribution in [1.82, 2.24) is 15.3 Å². The SMILES string of the molecule is O=C(NC(F)C(F)F)c1ccc(Cl)cc1-c1cc(=O)[nH]cn1. The van der Waals surface area contributed by atoms with Crippen molar-refractivity contribution >= 4 is 17.5 Å². The molecule has 1 unspecified atom stereocenters. The normalized spacial score (nSPS) is 12.2. The molecule has 22 heavy (non-hydrogen) atoms. The Balaban J connectivity index is 2.44. The first-order chi connectivity index (χ1) is 10.4. The van der Waals surface area contributed by atoms with E-state index < -0.39 is 24.2 Å². The summed E-state index contributed by atoms with van der Waals surface area (Å²) in [6, 6.07) is 4.99. The van der Waals surface area contributed by atoms with Gasteiger partial charge in [-0.15, -0.1) is 0 Å². The molecule has 0 spiro atoms. The van der Waals surface area contributed by atoms with Gasteiger partial charge in [-0.3, -0.25) is 9.59 Å². The van der Waals surface area contributed by atoms with Crippen molar-refractivity contribution in [1.29, 1.82) is 0 Å². The topological polar surface area (TPSA) is 74.8 Å². The fourth-order valence-electron chi connectivity index (χ4n) is 1.71. The van der Waals surface area contributed by atoms with Gasteiger partial charge in [0.15, 0.2) is 0 Å². The minimum Gasteiger partial charge on any atom is -0.318 e. The number of benzene rings is 1. The van der Waals surface area contributed by atoms with E-state index in [1.165, 1.54) is 23.5 Å². The molecule has 1 heterocycles. The van der Waals surface area contributed by atoms with Gasteiger partial charge >= 0.3 is 0 Å². The smallest absolute Gasteiger partial charge is 0.287 e. The van der Waals surface area contributed by atoms with Crippen molar-refractivity contribution in [3.8, 4) is 11.3 Å². The van der Waals surface area contributed by atoms with E-state index in [4.69, 9.17) is 11.6 Å². The minimum atomic E-state index is -3.35. The Morgan fingerprint density at radius 1 is 1.27 bits per heavy atom. The number of carbonyl (C=O) groups excluding carboxylic acids is 1. The maximum absolute atomic E-state index is 13.0. The van der Waals surface area contributed by atoms with E-state index in [9.17, 15) is 22.8 Å². The first-order valence-corrected chi connectivity index (χ1v) is 6.34. The van der Waals surface area contributed by atoms with Crippen LogP contribution in [0.3, 0.4) is 0 Å². The van der Waals surface area contributed by atoms with Crippen LogP contribution in [0.25, 0.3) is 11.3 Å². The second-order valence-electron chi connectivity index (χ2n) is 4.20. The summed E-state index contributed by atoms with van der Waals surface area (Å²) in [6.45, 7) is 0. The number of amides is 1. The molecule has 0 aliphatic carbocycles. The average Bonchev–Trinajstić information content (AvgIpc) is 2.46. The van der Waals surface area contributed by atoms with Gasteiger partial charge in [0.05, 0.1) is 12.0 Å². The minimum absolute atomic E-state index is 0.101. The summed E-state index contributed by atoms with van der Waals surface area (Å²) in [5.41, 5.74) is -0.389. The number of rotatable bonds is 4. The zero-order chi connectivity index (χ0) is 16.3. The van der Waals surface area contributed by atoms with Gasteiger partial charge in [-0.2, -0.15) is 0 Å². The highest BCUT2D eigenvalue weighted by Crippen LogP contribution is 2.25. The number of halogens is 4. The number of hydrogen-bond donors (Lipinski definition) is 2. The molecule has 1 aromatic carbocycles. The molecule has 1 aromatic heterocycles. The summed E-state index contributed by atoms with van der Waals surface area (Å²) >= 11 is 5.83. The van der Waals surface area contributed by atoms with E-state index >= 15 is 0 Å². The lowest BCUT2D eigenvalue weighted by atomic mass is 10.0. The third-order valence-electron chi connectivity index (χ3n) is 2.67. The van der Waals surface area contributed by atoms with E-state index in [-0.39, 0.29) is 21.8 Å². The van der Waals surface area contributed by atoms with Crippen LogP contribution < -0.4 is 10.9 Å². The molecule has 0 bridgehead atoms. The summed E-state index contributed by atoms with van der Waals surface area (Å²) in [4.78, 5) is 29.4. The number of alkyl halides is 3. The van der Waals surface area contributed by atoms with E-state index in [0.717, 1.165) is 12.4 Å². The molecule has 2 rings (SSSR count). The maximum Gasteiger partial charge on any atom is 0.287 e. The van der Waals surface area contributed by atoms with Crippen LogP contribution in [0.2, 0.25) is 5.02 Å². The predicted octanol–water partition coefficient (Wildman–Crippen LogP) is 2.38. The lowest BCUT2D eigenvalue weighted by molar-refractivity contribution is 0.0287. The molecule has 0 aliphatic heterocycles. The van der Waals surface area contributed by atoms with E-state index in [0.29, 0.717) is 0 Å². The van der Waals surface area contributed by atoms with Crippen LogP contribution in [0, 0.1) is 0 Å². The van der Waals surface area contributed by atoms with Crippen LogP contribution in [-0.4, -0.2) is 28.6 Å². The largest absolute Gasteiger partial charge is 0.318 e. The van der Waals surface area contributed by atoms with Gasteiger partial charge in [0.25, 0.3) is 17.9 Å². The highest BCUT2D eigenvalue weighted by atomic mass is 35.5. The maximum atomic E-state index is 13.0. The Labute approximate surface area is 127 Å². The zero-order valence-electron chi connectivity index (χ0n) is 10.8. The van der Waals surface area contributed by atoms with Gasteiger partial charge in [0.2, 0.25) is 6.30 Å². The van der Waals surface area contributed by atoms with Gasteiger partial charge in [-0.05, 0) is 18.2 Å². The average molecular weight is 332 g/mol. The Kier molecular flexibility index (Phi) is 4.81. The van der Waals surface area contributed by atoms with Crippen LogP contribution in [0.5, 0.6) is 0 Å². The van der Waals surface area contributed by atoms with Crippen molar-refractivity contribution in [2.24, 2.45) is 0 Å². The summed E-state index contributed by atoms with van der Waals surface area (Å²) in [5, 5.41) is 1.76. The number of nitrogens with zero attached hydrogens (tertiary/aromatic N) is 1. The number of aromatic amines is 1. The van der Waals surface area contributed by atoms with Gasteiger partial charge in [-0.25, -0.2) is 18.2 Å². The zero-order valence-corrected chi connectivity index (χ0v) is 11.6. The Morgan fingerprint density at radius 2 is 2.00 bits per heavy atom. The summed E-state index contributed by atoms with van der Waals surface area (Å²) in [6.07, 6.45) is -5.04. The Bertz CT molecular complexity index is 751. The molecule has 2 N–H and O–H groups in total. The van der Waals surface area contributed by atoms with Crippen molar-refractivity contribution < 1.29 is 18.0 Å². The fourth-order valence-corrected chi connectivity index (χ4v) is 1.88. The molecule has 0 saturated heterocycles. The molecule has 2 aromatic rings. The molecule has 0 saturated carbocycles. The third kappa shape index (κ3) is 3.64.